The van der Waals surface area contributed by atoms with Crippen LogP contribution in [-0.2, 0) is 0 Å². The Hall–Kier alpha value is -1.38. The summed E-state index contributed by atoms with van der Waals surface area (Å²) in [5.41, 5.74) is 8.66. The van der Waals surface area contributed by atoms with Gasteiger partial charge >= 0.3 is 0 Å². The van der Waals surface area contributed by atoms with E-state index in [4.69, 9.17) is 11.0 Å². The van der Waals surface area contributed by atoms with Crippen molar-refractivity contribution in [2.24, 2.45) is 0 Å². The molecule has 17 heavy (non-hydrogen) atoms. The number of nitrogen functional groups attached to an aromatic ring is 1. The van der Waals surface area contributed by atoms with Gasteiger partial charge < -0.3 is 5.73 Å². The molecule has 0 aliphatic carbocycles. The first-order valence-corrected chi connectivity index (χ1v) is 6.32. The molecular formula is C12H7Br2N3. The number of nitriles is 1. The molecule has 2 rings (SSSR count). The lowest BCUT2D eigenvalue weighted by molar-refractivity contribution is 1.29. The molecule has 0 unspecified atom stereocenters. The van der Waals surface area contributed by atoms with Crippen molar-refractivity contribution < 1.29 is 0 Å². The van der Waals surface area contributed by atoms with E-state index in [1.165, 1.54) is 0 Å². The molecule has 0 fully saturated rings. The summed E-state index contributed by atoms with van der Waals surface area (Å²) in [4.78, 5) is 4.30. The zero-order valence-corrected chi connectivity index (χ0v) is 11.8. The highest BCUT2D eigenvalue weighted by Crippen LogP contribution is 2.35. The zero-order chi connectivity index (χ0) is 12.4. The Kier molecular flexibility index (Phi) is 3.46. The number of anilines is 1. The SMILES string of the molecule is N#Cc1cccc(-c2ncc(Br)c(N)c2Br)c1. The maximum absolute atomic E-state index is 8.86. The average molecular weight is 353 g/mol. The van der Waals surface area contributed by atoms with Crippen molar-refractivity contribution in [1.82, 2.24) is 4.98 Å². The van der Waals surface area contributed by atoms with Crippen molar-refractivity contribution in [2.75, 3.05) is 5.73 Å². The molecule has 0 saturated heterocycles. The summed E-state index contributed by atoms with van der Waals surface area (Å²) in [5, 5.41) is 8.86. The summed E-state index contributed by atoms with van der Waals surface area (Å²) in [6, 6.07) is 9.34. The van der Waals surface area contributed by atoms with E-state index in [2.05, 4.69) is 42.9 Å². The maximum atomic E-state index is 8.86. The highest BCUT2D eigenvalue weighted by atomic mass is 79.9. The van der Waals surface area contributed by atoms with Crippen LogP contribution in [0, 0.1) is 11.3 Å². The van der Waals surface area contributed by atoms with Crippen LogP contribution in [0.15, 0.2) is 39.4 Å². The Morgan fingerprint density at radius 1 is 1.29 bits per heavy atom. The van der Waals surface area contributed by atoms with E-state index >= 15 is 0 Å². The Balaban J connectivity index is 2.61. The highest BCUT2D eigenvalue weighted by molar-refractivity contribution is 9.11. The maximum Gasteiger partial charge on any atom is 0.0991 e. The fraction of sp³-hybridized carbons (Fsp3) is 0. The summed E-state index contributed by atoms with van der Waals surface area (Å²) in [5.74, 6) is 0. The van der Waals surface area contributed by atoms with Crippen molar-refractivity contribution in [1.29, 1.82) is 5.26 Å². The molecule has 5 heteroatoms. The van der Waals surface area contributed by atoms with Crippen LogP contribution < -0.4 is 5.73 Å². The monoisotopic (exact) mass is 351 g/mol. The van der Waals surface area contributed by atoms with Crippen molar-refractivity contribution >= 4 is 37.5 Å². The van der Waals surface area contributed by atoms with Crippen LogP contribution in [0.2, 0.25) is 0 Å². The van der Waals surface area contributed by atoms with Crippen LogP contribution in [0.4, 0.5) is 5.69 Å². The smallest absolute Gasteiger partial charge is 0.0991 e. The first-order valence-electron chi connectivity index (χ1n) is 4.73. The van der Waals surface area contributed by atoms with E-state index in [0.717, 1.165) is 20.2 Å². The number of halogens is 2. The van der Waals surface area contributed by atoms with Crippen LogP contribution in [0.25, 0.3) is 11.3 Å². The lowest BCUT2D eigenvalue weighted by Crippen LogP contribution is -1.94. The topological polar surface area (TPSA) is 62.7 Å². The second kappa shape index (κ2) is 4.86. The number of aromatic nitrogens is 1. The van der Waals surface area contributed by atoms with E-state index in [1.54, 1.807) is 18.3 Å². The minimum atomic E-state index is 0.595. The first kappa shape index (κ1) is 12.1. The van der Waals surface area contributed by atoms with Gasteiger partial charge in [-0.3, -0.25) is 4.98 Å². The van der Waals surface area contributed by atoms with E-state index in [-0.39, 0.29) is 0 Å². The summed E-state index contributed by atoms with van der Waals surface area (Å²) in [7, 11) is 0. The molecule has 0 bridgehead atoms. The second-order valence-electron chi connectivity index (χ2n) is 3.38. The Bertz CT molecular complexity index is 618. The molecule has 1 heterocycles. The average Bonchev–Trinajstić information content (AvgIpc) is 2.36. The Morgan fingerprint density at radius 3 is 2.76 bits per heavy atom. The van der Waals surface area contributed by atoms with Crippen LogP contribution in [0.5, 0.6) is 0 Å². The summed E-state index contributed by atoms with van der Waals surface area (Å²) in [6.45, 7) is 0. The van der Waals surface area contributed by atoms with Crippen molar-refractivity contribution in [2.45, 2.75) is 0 Å². The number of nitrogens with zero attached hydrogens (tertiary/aromatic N) is 2. The molecule has 1 aromatic heterocycles. The molecule has 2 aromatic rings. The van der Waals surface area contributed by atoms with Crippen molar-refractivity contribution in [3.8, 4) is 17.3 Å². The van der Waals surface area contributed by atoms with Gasteiger partial charge in [0.1, 0.15) is 0 Å². The van der Waals surface area contributed by atoms with Gasteiger partial charge in [0.2, 0.25) is 0 Å². The van der Waals surface area contributed by atoms with E-state index in [9.17, 15) is 0 Å². The minimum absolute atomic E-state index is 0.595. The van der Waals surface area contributed by atoms with Gasteiger partial charge in [-0.2, -0.15) is 5.26 Å². The standard InChI is InChI=1S/C12H7Br2N3/c13-9-6-17-12(10(14)11(9)16)8-3-1-2-7(4-8)5-15/h1-4,6H,(H2,16,17). The number of rotatable bonds is 1. The predicted molar refractivity (Wildman–Crippen MR) is 74.2 cm³/mol. The number of pyridine rings is 1. The largest absolute Gasteiger partial charge is 0.397 e. The summed E-state index contributed by atoms with van der Waals surface area (Å²) >= 11 is 6.72. The van der Waals surface area contributed by atoms with Gasteiger partial charge in [0.15, 0.2) is 0 Å². The predicted octanol–water partition coefficient (Wildman–Crippen LogP) is 3.73. The van der Waals surface area contributed by atoms with Gasteiger partial charge in [-0.15, -0.1) is 0 Å². The van der Waals surface area contributed by atoms with Gasteiger partial charge in [-0.05, 0) is 44.0 Å². The van der Waals surface area contributed by atoms with Crippen LogP contribution in [0.1, 0.15) is 5.56 Å². The number of hydrogen-bond acceptors (Lipinski definition) is 3. The molecule has 0 atom stereocenters. The fourth-order valence-electron chi connectivity index (χ4n) is 1.42. The van der Waals surface area contributed by atoms with Gasteiger partial charge in [0, 0.05) is 11.8 Å². The summed E-state index contributed by atoms with van der Waals surface area (Å²) in [6.07, 6.45) is 1.65. The van der Waals surface area contributed by atoms with Crippen LogP contribution >= 0.6 is 31.9 Å². The highest BCUT2D eigenvalue weighted by Gasteiger charge is 2.10. The molecule has 0 aliphatic heterocycles. The van der Waals surface area contributed by atoms with Crippen LogP contribution in [0.3, 0.4) is 0 Å². The minimum Gasteiger partial charge on any atom is -0.397 e. The van der Waals surface area contributed by atoms with Gasteiger partial charge in [0.25, 0.3) is 0 Å². The fourth-order valence-corrected chi connectivity index (χ4v) is 2.53. The van der Waals surface area contributed by atoms with Crippen LogP contribution in [-0.4, -0.2) is 4.98 Å². The Morgan fingerprint density at radius 2 is 2.06 bits per heavy atom. The quantitative estimate of drug-likeness (QED) is 0.850. The lowest BCUT2D eigenvalue weighted by Gasteiger charge is -2.07. The van der Waals surface area contributed by atoms with Gasteiger partial charge in [0.05, 0.1) is 32.0 Å². The molecular weight excluding hydrogens is 346 g/mol. The van der Waals surface area contributed by atoms with E-state index < -0.39 is 0 Å². The normalized spacial score (nSPS) is 9.94. The van der Waals surface area contributed by atoms with Gasteiger partial charge in [-0.1, -0.05) is 12.1 Å². The molecule has 0 saturated carbocycles. The number of hydrogen-bond donors (Lipinski definition) is 1. The lowest BCUT2D eigenvalue weighted by atomic mass is 10.1. The molecule has 84 valence electrons. The molecule has 0 radical (unpaired) electrons. The second-order valence-corrected chi connectivity index (χ2v) is 5.02. The molecule has 2 N–H and O–H groups in total. The molecule has 0 amide bonds. The summed E-state index contributed by atoms with van der Waals surface area (Å²) < 4.78 is 1.46. The third-order valence-corrected chi connectivity index (χ3v) is 3.71. The van der Waals surface area contributed by atoms with E-state index in [1.807, 2.05) is 12.1 Å². The Labute approximate surface area is 116 Å². The number of nitrogens with two attached hydrogens (primary N) is 1. The first-order chi connectivity index (χ1) is 8.13. The molecule has 0 spiro atoms. The molecule has 3 nitrogen and oxygen atoms in total. The molecule has 1 aromatic carbocycles. The van der Waals surface area contributed by atoms with Crippen molar-refractivity contribution in [3.63, 3.8) is 0 Å². The molecule has 0 aliphatic rings. The third-order valence-electron chi connectivity index (χ3n) is 2.27. The third kappa shape index (κ3) is 2.33. The van der Waals surface area contributed by atoms with Crippen molar-refractivity contribution in [3.05, 3.63) is 45.0 Å². The van der Waals surface area contributed by atoms with Gasteiger partial charge in [-0.25, -0.2) is 0 Å². The zero-order valence-electron chi connectivity index (χ0n) is 8.61. The van der Waals surface area contributed by atoms with E-state index in [0.29, 0.717) is 11.3 Å². The number of benzene rings is 1.